The van der Waals surface area contributed by atoms with Gasteiger partial charge in [0, 0.05) is 30.4 Å². The summed E-state index contributed by atoms with van der Waals surface area (Å²) in [4.78, 5) is 11.5. The molecule has 1 heterocycles. The summed E-state index contributed by atoms with van der Waals surface area (Å²) in [6, 6.07) is 1.96. The Balaban J connectivity index is 2.26. The average Bonchev–Trinajstić information content (AvgIpc) is 2.60. The lowest BCUT2D eigenvalue weighted by Gasteiger charge is -2.14. The first-order valence-corrected chi connectivity index (χ1v) is 5.15. The third-order valence-electron chi connectivity index (χ3n) is 2.77. The maximum Gasteiger partial charge on any atom is 0.164 e. The Morgan fingerprint density at radius 2 is 2.36 bits per heavy atom. The fourth-order valence-electron chi connectivity index (χ4n) is 2.03. The summed E-state index contributed by atoms with van der Waals surface area (Å²) in [7, 11) is 0. The third-order valence-corrected chi connectivity index (χ3v) is 2.77. The third kappa shape index (κ3) is 1.52. The first kappa shape index (κ1) is 9.25. The molecular formula is C12H15NO. The zero-order valence-corrected chi connectivity index (χ0v) is 8.33. The van der Waals surface area contributed by atoms with Crippen LogP contribution in [0.15, 0.2) is 24.9 Å². The molecule has 1 aliphatic rings. The molecule has 1 aromatic rings. The van der Waals surface area contributed by atoms with Gasteiger partial charge in [0.2, 0.25) is 0 Å². The SMILES string of the molecule is C=CCCn1ccc2c1CCCC2=O. The molecule has 0 saturated carbocycles. The molecule has 2 heteroatoms. The van der Waals surface area contributed by atoms with Gasteiger partial charge in [-0.05, 0) is 25.3 Å². The van der Waals surface area contributed by atoms with E-state index in [-0.39, 0.29) is 0 Å². The van der Waals surface area contributed by atoms with Crippen LogP contribution >= 0.6 is 0 Å². The van der Waals surface area contributed by atoms with Crippen molar-refractivity contribution in [2.45, 2.75) is 32.2 Å². The molecule has 0 spiro atoms. The molecule has 0 radical (unpaired) electrons. The number of Topliss-reactive ketones (excluding diaryl/α,β-unsaturated/α-hetero) is 1. The summed E-state index contributed by atoms with van der Waals surface area (Å²) in [6.45, 7) is 4.66. The Morgan fingerprint density at radius 3 is 3.14 bits per heavy atom. The number of ketones is 1. The van der Waals surface area contributed by atoms with Crippen LogP contribution in [0.5, 0.6) is 0 Å². The van der Waals surface area contributed by atoms with Gasteiger partial charge in [-0.3, -0.25) is 4.79 Å². The predicted molar refractivity (Wildman–Crippen MR) is 56.5 cm³/mol. The van der Waals surface area contributed by atoms with Gasteiger partial charge in [0.15, 0.2) is 5.78 Å². The van der Waals surface area contributed by atoms with Crippen LogP contribution in [0.3, 0.4) is 0 Å². The number of hydrogen-bond acceptors (Lipinski definition) is 1. The van der Waals surface area contributed by atoms with Gasteiger partial charge >= 0.3 is 0 Å². The van der Waals surface area contributed by atoms with Gasteiger partial charge in [-0.2, -0.15) is 0 Å². The zero-order chi connectivity index (χ0) is 9.97. The molecule has 0 fully saturated rings. The van der Waals surface area contributed by atoms with E-state index in [0.717, 1.165) is 37.8 Å². The van der Waals surface area contributed by atoms with E-state index in [1.165, 1.54) is 5.69 Å². The van der Waals surface area contributed by atoms with Crippen molar-refractivity contribution in [1.29, 1.82) is 0 Å². The van der Waals surface area contributed by atoms with Crippen LogP contribution in [0.25, 0.3) is 0 Å². The Kier molecular flexibility index (Phi) is 2.53. The molecule has 74 valence electrons. The molecule has 0 aliphatic heterocycles. The highest BCUT2D eigenvalue weighted by atomic mass is 16.1. The van der Waals surface area contributed by atoms with E-state index in [1.54, 1.807) is 0 Å². The molecule has 2 rings (SSSR count). The van der Waals surface area contributed by atoms with Gasteiger partial charge in [0.25, 0.3) is 0 Å². The van der Waals surface area contributed by atoms with Crippen LogP contribution in [0, 0.1) is 0 Å². The number of carbonyl (C=O) groups excluding carboxylic acids is 1. The lowest BCUT2D eigenvalue weighted by Crippen LogP contribution is -2.12. The number of rotatable bonds is 3. The molecule has 0 aromatic carbocycles. The Bertz CT molecular complexity index is 362. The maximum atomic E-state index is 11.5. The van der Waals surface area contributed by atoms with Gasteiger partial charge < -0.3 is 4.57 Å². The molecule has 0 N–H and O–H groups in total. The minimum Gasteiger partial charge on any atom is -0.350 e. The van der Waals surface area contributed by atoms with Crippen molar-refractivity contribution in [3.05, 3.63) is 36.2 Å². The summed E-state index contributed by atoms with van der Waals surface area (Å²) in [5, 5.41) is 0. The smallest absolute Gasteiger partial charge is 0.164 e. The Morgan fingerprint density at radius 1 is 1.50 bits per heavy atom. The van der Waals surface area contributed by atoms with E-state index in [1.807, 2.05) is 18.3 Å². The largest absolute Gasteiger partial charge is 0.350 e. The minimum atomic E-state index is 0.309. The van der Waals surface area contributed by atoms with Crippen LogP contribution < -0.4 is 0 Å². The summed E-state index contributed by atoms with van der Waals surface area (Å²) < 4.78 is 2.19. The molecule has 0 bridgehead atoms. The van der Waals surface area contributed by atoms with Crippen molar-refractivity contribution in [1.82, 2.24) is 4.57 Å². The molecule has 14 heavy (non-hydrogen) atoms. The number of allylic oxidation sites excluding steroid dienone is 1. The highest BCUT2D eigenvalue weighted by molar-refractivity contribution is 5.98. The van der Waals surface area contributed by atoms with Crippen molar-refractivity contribution in [2.24, 2.45) is 0 Å². The molecule has 0 unspecified atom stereocenters. The zero-order valence-electron chi connectivity index (χ0n) is 8.33. The van der Waals surface area contributed by atoms with E-state index in [0.29, 0.717) is 5.78 Å². The monoisotopic (exact) mass is 189 g/mol. The number of carbonyl (C=O) groups is 1. The summed E-state index contributed by atoms with van der Waals surface area (Å²) in [5.74, 6) is 0.309. The Labute approximate surface area is 84.2 Å². The van der Waals surface area contributed by atoms with Crippen LogP contribution in [0.2, 0.25) is 0 Å². The Hall–Kier alpha value is -1.31. The first-order chi connectivity index (χ1) is 6.83. The van der Waals surface area contributed by atoms with Gasteiger partial charge in [-0.25, -0.2) is 0 Å². The van der Waals surface area contributed by atoms with Gasteiger partial charge in [-0.1, -0.05) is 6.08 Å². The van der Waals surface area contributed by atoms with Gasteiger partial charge in [0.1, 0.15) is 0 Å². The highest BCUT2D eigenvalue weighted by Crippen LogP contribution is 2.22. The van der Waals surface area contributed by atoms with Crippen molar-refractivity contribution in [3.63, 3.8) is 0 Å². The van der Waals surface area contributed by atoms with Gasteiger partial charge in [-0.15, -0.1) is 6.58 Å². The quantitative estimate of drug-likeness (QED) is 0.670. The number of hydrogen-bond donors (Lipinski definition) is 0. The standard InChI is InChI=1S/C12H15NO/c1-2-3-8-13-9-7-10-11(13)5-4-6-12(10)14/h2,7,9H,1,3-6,8H2. The van der Waals surface area contributed by atoms with E-state index in [9.17, 15) is 4.79 Å². The van der Waals surface area contributed by atoms with Crippen LogP contribution in [-0.2, 0) is 13.0 Å². The fraction of sp³-hybridized carbons (Fsp3) is 0.417. The van der Waals surface area contributed by atoms with Crippen LogP contribution in [-0.4, -0.2) is 10.4 Å². The van der Waals surface area contributed by atoms with E-state index >= 15 is 0 Å². The molecule has 1 aliphatic carbocycles. The second-order valence-electron chi connectivity index (χ2n) is 3.72. The van der Waals surface area contributed by atoms with Crippen molar-refractivity contribution < 1.29 is 4.79 Å². The predicted octanol–water partition coefficient (Wildman–Crippen LogP) is 2.58. The summed E-state index contributed by atoms with van der Waals surface area (Å²) in [5.41, 5.74) is 2.17. The minimum absolute atomic E-state index is 0.309. The number of fused-ring (bicyclic) bond motifs is 1. The molecule has 0 saturated heterocycles. The van der Waals surface area contributed by atoms with Crippen LogP contribution in [0.4, 0.5) is 0 Å². The van der Waals surface area contributed by atoms with Crippen LogP contribution in [0.1, 0.15) is 35.3 Å². The number of aromatic nitrogens is 1. The van der Waals surface area contributed by atoms with Crippen molar-refractivity contribution in [3.8, 4) is 0 Å². The lowest BCUT2D eigenvalue weighted by atomic mass is 9.97. The van der Waals surface area contributed by atoms with E-state index in [2.05, 4.69) is 11.1 Å². The summed E-state index contributed by atoms with van der Waals surface area (Å²) in [6.07, 6.45) is 7.68. The number of nitrogens with zero attached hydrogens (tertiary/aromatic N) is 1. The summed E-state index contributed by atoms with van der Waals surface area (Å²) >= 11 is 0. The van der Waals surface area contributed by atoms with E-state index in [4.69, 9.17) is 0 Å². The van der Waals surface area contributed by atoms with Crippen molar-refractivity contribution in [2.75, 3.05) is 0 Å². The highest BCUT2D eigenvalue weighted by Gasteiger charge is 2.19. The number of aryl methyl sites for hydroxylation is 1. The maximum absolute atomic E-state index is 11.5. The second-order valence-corrected chi connectivity index (χ2v) is 3.72. The van der Waals surface area contributed by atoms with E-state index < -0.39 is 0 Å². The molecule has 1 aromatic heterocycles. The fourth-order valence-corrected chi connectivity index (χ4v) is 2.03. The first-order valence-electron chi connectivity index (χ1n) is 5.15. The molecule has 2 nitrogen and oxygen atoms in total. The molecule has 0 atom stereocenters. The van der Waals surface area contributed by atoms with Crippen molar-refractivity contribution >= 4 is 5.78 Å². The normalized spacial score (nSPS) is 15.3. The lowest BCUT2D eigenvalue weighted by molar-refractivity contribution is 0.0972. The van der Waals surface area contributed by atoms with Gasteiger partial charge in [0.05, 0.1) is 0 Å². The molecular weight excluding hydrogens is 174 g/mol. The molecule has 0 amide bonds. The second kappa shape index (κ2) is 3.82. The average molecular weight is 189 g/mol. The topological polar surface area (TPSA) is 22.0 Å².